The molecule has 1 aliphatic rings. The molecule has 6 nitrogen and oxygen atoms in total. The number of hydrogen-bond acceptors (Lipinski definition) is 4. The van der Waals surface area contributed by atoms with Gasteiger partial charge in [0.1, 0.15) is 6.04 Å². The molecule has 1 saturated heterocycles. The Kier molecular flexibility index (Phi) is 7.66. The fourth-order valence-corrected chi connectivity index (χ4v) is 2.89. The van der Waals surface area contributed by atoms with Crippen LogP contribution in [0.4, 0.5) is 4.79 Å². The van der Waals surface area contributed by atoms with E-state index in [2.05, 4.69) is 15.5 Å². The van der Waals surface area contributed by atoms with Crippen LogP contribution < -0.4 is 10.6 Å². The SMILES string of the molecule is CCC[C@@H](NC(=O)NCCN1CCSCC1)C(=O)O. The first kappa shape index (κ1) is 16.1. The molecule has 110 valence electrons. The number of urea groups is 1. The number of carboxylic acid groups (broad SMARTS) is 1. The molecule has 0 aromatic rings. The summed E-state index contributed by atoms with van der Waals surface area (Å²) in [6, 6.07) is -1.19. The molecule has 1 rings (SSSR count). The molecule has 2 amide bonds. The van der Waals surface area contributed by atoms with Crippen LogP contribution in [-0.4, -0.2) is 65.7 Å². The van der Waals surface area contributed by atoms with Crippen molar-refractivity contribution in [2.75, 3.05) is 37.7 Å². The lowest BCUT2D eigenvalue weighted by molar-refractivity contribution is -0.139. The summed E-state index contributed by atoms with van der Waals surface area (Å²) < 4.78 is 0. The molecule has 0 bridgehead atoms. The molecule has 1 atom stereocenters. The van der Waals surface area contributed by atoms with E-state index >= 15 is 0 Å². The maximum atomic E-state index is 11.6. The Bertz CT molecular complexity index is 296. The van der Waals surface area contributed by atoms with Gasteiger partial charge in [0.25, 0.3) is 0 Å². The molecule has 19 heavy (non-hydrogen) atoms. The van der Waals surface area contributed by atoms with Gasteiger partial charge in [-0.05, 0) is 6.42 Å². The summed E-state index contributed by atoms with van der Waals surface area (Å²) in [7, 11) is 0. The molecule has 0 radical (unpaired) electrons. The largest absolute Gasteiger partial charge is 0.480 e. The average molecular weight is 289 g/mol. The number of carbonyl (C=O) groups excluding carboxylic acids is 1. The van der Waals surface area contributed by atoms with Gasteiger partial charge in [-0.1, -0.05) is 13.3 Å². The van der Waals surface area contributed by atoms with Crippen LogP contribution in [0.5, 0.6) is 0 Å². The summed E-state index contributed by atoms with van der Waals surface area (Å²) in [6.45, 7) is 5.38. The maximum Gasteiger partial charge on any atom is 0.326 e. The number of thioether (sulfide) groups is 1. The third-order valence-corrected chi connectivity index (χ3v) is 3.94. The van der Waals surface area contributed by atoms with E-state index in [1.54, 1.807) is 0 Å². The van der Waals surface area contributed by atoms with Gasteiger partial charge in [0, 0.05) is 37.7 Å². The van der Waals surface area contributed by atoms with Crippen molar-refractivity contribution in [1.82, 2.24) is 15.5 Å². The van der Waals surface area contributed by atoms with Gasteiger partial charge in [-0.25, -0.2) is 9.59 Å². The Labute approximate surface area is 118 Å². The monoisotopic (exact) mass is 289 g/mol. The number of nitrogens with zero attached hydrogens (tertiary/aromatic N) is 1. The van der Waals surface area contributed by atoms with Gasteiger partial charge in [-0.2, -0.15) is 11.8 Å². The molecule has 1 aliphatic heterocycles. The summed E-state index contributed by atoms with van der Waals surface area (Å²) in [6.07, 6.45) is 1.18. The van der Waals surface area contributed by atoms with Crippen LogP contribution in [-0.2, 0) is 4.79 Å². The first-order valence-corrected chi connectivity index (χ1v) is 7.86. The van der Waals surface area contributed by atoms with Gasteiger partial charge >= 0.3 is 12.0 Å². The number of hydrogen-bond donors (Lipinski definition) is 3. The van der Waals surface area contributed by atoms with Crippen LogP contribution in [0.3, 0.4) is 0 Å². The zero-order chi connectivity index (χ0) is 14.1. The lowest BCUT2D eigenvalue weighted by Gasteiger charge is -2.26. The van der Waals surface area contributed by atoms with Gasteiger partial charge in [0.2, 0.25) is 0 Å². The third kappa shape index (κ3) is 6.68. The molecule has 1 fully saturated rings. The van der Waals surface area contributed by atoms with Gasteiger partial charge in [-0.15, -0.1) is 0 Å². The topological polar surface area (TPSA) is 81.7 Å². The smallest absolute Gasteiger partial charge is 0.326 e. The van der Waals surface area contributed by atoms with Crippen molar-refractivity contribution in [3.63, 3.8) is 0 Å². The predicted octanol–water partition coefficient (Wildman–Crippen LogP) is 0.588. The normalized spacial score (nSPS) is 17.7. The van der Waals surface area contributed by atoms with E-state index in [0.29, 0.717) is 13.0 Å². The van der Waals surface area contributed by atoms with Crippen LogP contribution in [0.2, 0.25) is 0 Å². The minimum Gasteiger partial charge on any atom is -0.480 e. The number of nitrogens with one attached hydrogen (secondary N) is 2. The van der Waals surface area contributed by atoms with Crippen molar-refractivity contribution in [3.05, 3.63) is 0 Å². The van der Waals surface area contributed by atoms with Crippen molar-refractivity contribution < 1.29 is 14.7 Å². The summed E-state index contributed by atoms with van der Waals surface area (Å²) in [5.41, 5.74) is 0. The van der Waals surface area contributed by atoms with Crippen molar-refractivity contribution in [1.29, 1.82) is 0 Å². The minimum absolute atomic E-state index is 0.396. The molecule has 0 aromatic carbocycles. The van der Waals surface area contributed by atoms with Gasteiger partial charge in [0.05, 0.1) is 0 Å². The molecule has 7 heteroatoms. The Balaban J connectivity index is 2.17. The highest BCUT2D eigenvalue weighted by Crippen LogP contribution is 2.07. The van der Waals surface area contributed by atoms with Crippen molar-refractivity contribution in [2.45, 2.75) is 25.8 Å². The third-order valence-electron chi connectivity index (χ3n) is 3.00. The zero-order valence-corrected chi connectivity index (χ0v) is 12.2. The molecular formula is C12H23N3O3S. The van der Waals surface area contributed by atoms with E-state index in [-0.39, 0.29) is 0 Å². The van der Waals surface area contributed by atoms with Crippen LogP contribution in [0, 0.1) is 0 Å². The van der Waals surface area contributed by atoms with Gasteiger partial charge < -0.3 is 15.7 Å². The van der Waals surface area contributed by atoms with E-state index in [9.17, 15) is 9.59 Å². The second kappa shape index (κ2) is 9.03. The standard InChI is InChI=1S/C12H23N3O3S/c1-2-3-10(11(16)17)14-12(18)13-4-5-15-6-8-19-9-7-15/h10H,2-9H2,1H3,(H,16,17)(H2,13,14,18)/t10-/m1/s1. The van der Waals surface area contributed by atoms with Gasteiger partial charge in [0.15, 0.2) is 0 Å². The van der Waals surface area contributed by atoms with E-state index in [4.69, 9.17) is 5.11 Å². The van der Waals surface area contributed by atoms with E-state index in [1.165, 1.54) is 0 Å². The molecule has 1 heterocycles. The van der Waals surface area contributed by atoms with Crippen LogP contribution in [0.25, 0.3) is 0 Å². The molecule has 0 aromatic heterocycles. The molecule has 0 aliphatic carbocycles. The zero-order valence-electron chi connectivity index (χ0n) is 11.4. The van der Waals surface area contributed by atoms with Gasteiger partial charge in [-0.3, -0.25) is 4.90 Å². The highest BCUT2D eigenvalue weighted by atomic mass is 32.2. The molecule has 0 spiro atoms. The van der Waals surface area contributed by atoms with Crippen LogP contribution in [0.15, 0.2) is 0 Å². The summed E-state index contributed by atoms with van der Waals surface area (Å²) in [4.78, 5) is 24.8. The lowest BCUT2D eigenvalue weighted by Crippen LogP contribution is -2.48. The number of carbonyl (C=O) groups is 2. The number of carboxylic acids is 1. The Morgan fingerprint density at radius 2 is 2.05 bits per heavy atom. The Hall–Kier alpha value is -0.950. The first-order valence-electron chi connectivity index (χ1n) is 6.70. The van der Waals surface area contributed by atoms with E-state index < -0.39 is 18.0 Å². The number of aliphatic carboxylic acids is 1. The second-order valence-electron chi connectivity index (χ2n) is 4.53. The fraction of sp³-hybridized carbons (Fsp3) is 0.833. The van der Waals surface area contributed by atoms with Crippen molar-refractivity contribution in [3.8, 4) is 0 Å². The molecule has 0 saturated carbocycles. The van der Waals surface area contributed by atoms with Crippen LogP contribution >= 0.6 is 11.8 Å². The summed E-state index contributed by atoms with van der Waals surface area (Å²) >= 11 is 1.95. The van der Waals surface area contributed by atoms with E-state index in [1.807, 2.05) is 18.7 Å². The average Bonchev–Trinajstić information content (AvgIpc) is 2.39. The highest BCUT2D eigenvalue weighted by Gasteiger charge is 2.18. The van der Waals surface area contributed by atoms with E-state index in [0.717, 1.165) is 37.6 Å². The highest BCUT2D eigenvalue weighted by molar-refractivity contribution is 7.99. The number of rotatable bonds is 7. The lowest BCUT2D eigenvalue weighted by atomic mass is 10.2. The summed E-state index contributed by atoms with van der Waals surface area (Å²) in [5, 5.41) is 14.1. The Morgan fingerprint density at radius 1 is 1.37 bits per heavy atom. The predicted molar refractivity (Wildman–Crippen MR) is 76.6 cm³/mol. The minimum atomic E-state index is -0.981. The molecular weight excluding hydrogens is 266 g/mol. The summed E-state index contributed by atoms with van der Waals surface area (Å²) in [5.74, 6) is 1.30. The number of amides is 2. The maximum absolute atomic E-state index is 11.6. The van der Waals surface area contributed by atoms with Crippen molar-refractivity contribution in [2.24, 2.45) is 0 Å². The van der Waals surface area contributed by atoms with Crippen LogP contribution in [0.1, 0.15) is 19.8 Å². The fourth-order valence-electron chi connectivity index (χ4n) is 1.91. The second-order valence-corrected chi connectivity index (χ2v) is 5.76. The first-order chi connectivity index (χ1) is 9.13. The van der Waals surface area contributed by atoms with Crippen molar-refractivity contribution >= 4 is 23.8 Å². The quantitative estimate of drug-likeness (QED) is 0.639. The Morgan fingerprint density at radius 3 is 2.63 bits per heavy atom. The molecule has 3 N–H and O–H groups in total. The molecule has 0 unspecified atom stereocenters.